The van der Waals surface area contributed by atoms with Crippen molar-refractivity contribution in [3.8, 4) is 0 Å². The van der Waals surface area contributed by atoms with E-state index in [-0.39, 0.29) is 0 Å². The molecule has 0 aromatic rings. The number of unbranched alkanes of at least 4 members (excludes halogenated alkanes) is 1. The van der Waals surface area contributed by atoms with Crippen LogP contribution in [0.5, 0.6) is 0 Å². The van der Waals surface area contributed by atoms with E-state index in [0.29, 0.717) is 6.10 Å². The molecule has 0 rings (SSSR count). The van der Waals surface area contributed by atoms with E-state index in [0.717, 1.165) is 19.7 Å². The lowest BCUT2D eigenvalue weighted by atomic mass is 10.3. The van der Waals surface area contributed by atoms with Gasteiger partial charge in [0.15, 0.2) is 0 Å². The summed E-state index contributed by atoms with van der Waals surface area (Å²) in [6.45, 7) is 8.33. The summed E-state index contributed by atoms with van der Waals surface area (Å²) in [7, 11) is 4.16. The molecule has 14 heavy (non-hydrogen) atoms. The van der Waals surface area contributed by atoms with Crippen molar-refractivity contribution in [2.24, 2.45) is 0 Å². The Morgan fingerprint density at radius 2 is 1.93 bits per heavy atom. The van der Waals surface area contributed by atoms with Crippen LogP contribution in [0.4, 0.5) is 0 Å². The molecule has 0 aliphatic rings. The van der Waals surface area contributed by atoms with E-state index in [1.807, 2.05) is 7.05 Å². The van der Waals surface area contributed by atoms with Crippen molar-refractivity contribution in [3.63, 3.8) is 0 Å². The van der Waals surface area contributed by atoms with Crippen LogP contribution in [0, 0.1) is 0 Å². The molecule has 0 atom stereocenters. The van der Waals surface area contributed by atoms with Crippen LogP contribution in [0.1, 0.15) is 26.7 Å². The molecule has 86 valence electrons. The lowest BCUT2D eigenvalue weighted by molar-refractivity contribution is 0.0636. The molecule has 3 nitrogen and oxygen atoms in total. The Morgan fingerprint density at radius 1 is 1.21 bits per heavy atom. The van der Waals surface area contributed by atoms with Crippen molar-refractivity contribution in [1.82, 2.24) is 10.2 Å². The Morgan fingerprint density at radius 3 is 2.50 bits per heavy atom. The Balaban J connectivity index is 3.15. The summed E-state index contributed by atoms with van der Waals surface area (Å²) in [4.78, 5) is 2.33. The largest absolute Gasteiger partial charge is 0.377 e. The molecule has 0 unspecified atom stereocenters. The van der Waals surface area contributed by atoms with Gasteiger partial charge in [-0.05, 0) is 53.9 Å². The van der Waals surface area contributed by atoms with Crippen molar-refractivity contribution in [2.75, 3.05) is 40.3 Å². The molecular formula is C11H26N2O. The van der Waals surface area contributed by atoms with Crippen LogP contribution in [-0.2, 0) is 4.74 Å². The molecule has 0 fully saturated rings. The predicted molar refractivity (Wildman–Crippen MR) is 61.7 cm³/mol. The number of nitrogens with one attached hydrogen (secondary N) is 1. The molecule has 3 heteroatoms. The SMILES string of the molecule is CNCCCCN(C)CCOC(C)C. The fourth-order valence-corrected chi connectivity index (χ4v) is 1.24. The molecular weight excluding hydrogens is 176 g/mol. The maximum atomic E-state index is 5.49. The molecule has 1 N–H and O–H groups in total. The Kier molecular flexibility index (Phi) is 9.35. The zero-order valence-electron chi connectivity index (χ0n) is 10.2. The highest BCUT2D eigenvalue weighted by Gasteiger charge is 1.98. The lowest BCUT2D eigenvalue weighted by Crippen LogP contribution is -2.25. The average molecular weight is 202 g/mol. The van der Waals surface area contributed by atoms with E-state index in [1.54, 1.807) is 0 Å². The smallest absolute Gasteiger partial charge is 0.0596 e. The van der Waals surface area contributed by atoms with E-state index in [9.17, 15) is 0 Å². The van der Waals surface area contributed by atoms with Gasteiger partial charge in [0.1, 0.15) is 0 Å². The van der Waals surface area contributed by atoms with Gasteiger partial charge in [0, 0.05) is 6.54 Å². The topological polar surface area (TPSA) is 24.5 Å². The number of nitrogens with zero attached hydrogens (tertiary/aromatic N) is 1. The third-order valence-corrected chi connectivity index (χ3v) is 2.14. The minimum atomic E-state index is 0.354. The molecule has 0 saturated carbocycles. The summed E-state index contributed by atoms with van der Waals surface area (Å²) in [6, 6.07) is 0. The summed E-state index contributed by atoms with van der Waals surface area (Å²) in [6.07, 6.45) is 2.87. The van der Waals surface area contributed by atoms with Crippen molar-refractivity contribution in [3.05, 3.63) is 0 Å². The van der Waals surface area contributed by atoms with Crippen LogP contribution in [-0.4, -0.2) is 51.3 Å². The number of hydrogen-bond donors (Lipinski definition) is 1. The van der Waals surface area contributed by atoms with Gasteiger partial charge in [0.25, 0.3) is 0 Å². The van der Waals surface area contributed by atoms with Gasteiger partial charge in [-0.15, -0.1) is 0 Å². The second kappa shape index (κ2) is 9.44. The van der Waals surface area contributed by atoms with E-state index < -0.39 is 0 Å². The number of ether oxygens (including phenoxy) is 1. The standard InChI is InChI=1S/C11H26N2O/c1-11(2)14-10-9-13(4)8-6-5-7-12-3/h11-12H,5-10H2,1-4H3. The minimum Gasteiger partial charge on any atom is -0.377 e. The first-order valence-corrected chi connectivity index (χ1v) is 5.61. The summed E-state index contributed by atoms with van der Waals surface area (Å²) in [5.41, 5.74) is 0. The number of rotatable bonds is 9. The summed E-state index contributed by atoms with van der Waals surface area (Å²) < 4.78 is 5.49. The van der Waals surface area contributed by atoms with Crippen molar-refractivity contribution >= 4 is 0 Å². The predicted octanol–water partition coefficient (Wildman–Crippen LogP) is 1.34. The molecule has 0 spiro atoms. The molecule has 0 bridgehead atoms. The molecule has 0 amide bonds. The Bertz CT molecular complexity index is 118. The van der Waals surface area contributed by atoms with Crippen molar-refractivity contribution < 1.29 is 4.74 Å². The molecule has 0 aliphatic heterocycles. The fraction of sp³-hybridized carbons (Fsp3) is 1.00. The van der Waals surface area contributed by atoms with E-state index in [1.165, 1.54) is 19.4 Å². The number of likely N-dealkylation sites (N-methyl/N-ethyl adjacent to an activating group) is 1. The summed E-state index contributed by atoms with van der Waals surface area (Å²) in [5.74, 6) is 0. The minimum absolute atomic E-state index is 0.354. The second-order valence-corrected chi connectivity index (χ2v) is 4.03. The third kappa shape index (κ3) is 9.96. The van der Waals surface area contributed by atoms with E-state index >= 15 is 0 Å². The van der Waals surface area contributed by atoms with Crippen LogP contribution in [0.15, 0.2) is 0 Å². The molecule has 0 heterocycles. The monoisotopic (exact) mass is 202 g/mol. The second-order valence-electron chi connectivity index (χ2n) is 4.03. The normalized spacial score (nSPS) is 11.6. The van der Waals surface area contributed by atoms with Gasteiger partial charge in [0.2, 0.25) is 0 Å². The van der Waals surface area contributed by atoms with Crippen molar-refractivity contribution in [1.29, 1.82) is 0 Å². The molecule has 0 aromatic carbocycles. The first kappa shape index (κ1) is 13.9. The zero-order valence-corrected chi connectivity index (χ0v) is 10.2. The Hall–Kier alpha value is -0.120. The van der Waals surface area contributed by atoms with Crippen molar-refractivity contribution in [2.45, 2.75) is 32.8 Å². The van der Waals surface area contributed by atoms with Crippen LogP contribution < -0.4 is 5.32 Å². The zero-order chi connectivity index (χ0) is 10.8. The van der Waals surface area contributed by atoms with Gasteiger partial charge in [-0.25, -0.2) is 0 Å². The third-order valence-electron chi connectivity index (χ3n) is 2.14. The first-order valence-electron chi connectivity index (χ1n) is 5.61. The maximum absolute atomic E-state index is 5.49. The van der Waals surface area contributed by atoms with Crippen LogP contribution in [0.25, 0.3) is 0 Å². The molecule has 0 radical (unpaired) electrons. The highest BCUT2D eigenvalue weighted by molar-refractivity contribution is 4.52. The average Bonchev–Trinajstić information content (AvgIpc) is 2.12. The maximum Gasteiger partial charge on any atom is 0.0596 e. The molecule has 0 saturated heterocycles. The van der Waals surface area contributed by atoms with E-state index in [2.05, 4.69) is 31.1 Å². The molecule has 0 aromatic heterocycles. The highest BCUT2D eigenvalue weighted by atomic mass is 16.5. The highest BCUT2D eigenvalue weighted by Crippen LogP contribution is 1.93. The molecule has 0 aliphatic carbocycles. The van der Waals surface area contributed by atoms with Gasteiger partial charge < -0.3 is 15.0 Å². The van der Waals surface area contributed by atoms with Gasteiger partial charge >= 0.3 is 0 Å². The Labute approximate surface area is 88.8 Å². The van der Waals surface area contributed by atoms with Gasteiger partial charge in [0.05, 0.1) is 12.7 Å². The quantitative estimate of drug-likeness (QED) is 0.571. The van der Waals surface area contributed by atoms with Gasteiger partial charge in [-0.1, -0.05) is 0 Å². The van der Waals surface area contributed by atoms with Gasteiger partial charge in [-0.2, -0.15) is 0 Å². The van der Waals surface area contributed by atoms with E-state index in [4.69, 9.17) is 4.74 Å². The van der Waals surface area contributed by atoms with Crippen LogP contribution in [0.3, 0.4) is 0 Å². The van der Waals surface area contributed by atoms with Crippen LogP contribution >= 0.6 is 0 Å². The summed E-state index contributed by atoms with van der Waals surface area (Å²) >= 11 is 0. The van der Waals surface area contributed by atoms with Gasteiger partial charge in [-0.3, -0.25) is 0 Å². The number of hydrogen-bond acceptors (Lipinski definition) is 3. The fourth-order valence-electron chi connectivity index (χ4n) is 1.24. The lowest BCUT2D eigenvalue weighted by Gasteiger charge is -2.17. The van der Waals surface area contributed by atoms with Crippen LogP contribution in [0.2, 0.25) is 0 Å². The first-order chi connectivity index (χ1) is 6.66. The summed E-state index contributed by atoms with van der Waals surface area (Å²) in [5, 5.41) is 3.16.